The van der Waals surface area contributed by atoms with E-state index in [1.165, 1.54) is 4.90 Å². The minimum Gasteiger partial charge on any atom is -0.497 e. The molecule has 0 aliphatic carbocycles. The van der Waals surface area contributed by atoms with Crippen LogP contribution in [-0.4, -0.2) is 42.1 Å². The van der Waals surface area contributed by atoms with Crippen molar-refractivity contribution in [2.24, 2.45) is 0 Å². The summed E-state index contributed by atoms with van der Waals surface area (Å²) in [6.45, 7) is 1.81. The molecule has 0 aliphatic rings. The Bertz CT molecular complexity index is 399. The Kier molecular flexibility index (Phi) is 4.51. The molecular weight excluding hydrogens is 222 g/mol. The summed E-state index contributed by atoms with van der Waals surface area (Å²) in [7, 11) is 1.54. The molecule has 92 valence electrons. The molecule has 1 rings (SSSR count). The zero-order chi connectivity index (χ0) is 12.8. The van der Waals surface area contributed by atoms with Gasteiger partial charge in [-0.3, -0.25) is 9.59 Å². The smallest absolute Gasteiger partial charge is 0.323 e. The van der Waals surface area contributed by atoms with Gasteiger partial charge in [-0.2, -0.15) is 0 Å². The lowest BCUT2D eigenvalue weighted by atomic mass is 10.2. The van der Waals surface area contributed by atoms with Crippen molar-refractivity contribution in [2.45, 2.75) is 6.92 Å². The van der Waals surface area contributed by atoms with Crippen LogP contribution in [0, 0.1) is 0 Å². The summed E-state index contributed by atoms with van der Waals surface area (Å²) < 4.78 is 4.98. The fraction of sp³-hybridized carbons (Fsp3) is 0.333. The molecule has 1 aromatic carbocycles. The topological polar surface area (TPSA) is 66.8 Å². The summed E-state index contributed by atoms with van der Waals surface area (Å²) >= 11 is 0. The molecule has 0 aromatic heterocycles. The molecule has 0 spiro atoms. The van der Waals surface area contributed by atoms with Gasteiger partial charge in [0.05, 0.1) is 7.11 Å². The van der Waals surface area contributed by atoms with E-state index in [-0.39, 0.29) is 12.5 Å². The van der Waals surface area contributed by atoms with Crippen LogP contribution in [0.4, 0.5) is 0 Å². The zero-order valence-electron chi connectivity index (χ0n) is 9.84. The Balaban J connectivity index is 2.82. The third-order valence-electron chi connectivity index (χ3n) is 2.33. The number of nitrogens with zero attached hydrogens (tertiary/aromatic N) is 1. The number of benzene rings is 1. The highest BCUT2D eigenvalue weighted by Crippen LogP contribution is 2.12. The van der Waals surface area contributed by atoms with Crippen molar-refractivity contribution in [3.05, 3.63) is 29.8 Å². The van der Waals surface area contributed by atoms with Gasteiger partial charge in [0.2, 0.25) is 0 Å². The van der Waals surface area contributed by atoms with E-state index in [1.807, 2.05) is 0 Å². The summed E-state index contributed by atoms with van der Waals surface area (Å²) in [5.74, 6) is -0.658. The molecular formula is C12H15NO4. The van der Waals surface area contributed by atoms with Crippen LogP contribution in [0.2, 0.25) is 0 Å². The van der Waals surface area contributed by atoms with Gasteiger partial charge in [-0.05, 0) is 31.2 Å². The second kappa shape index (κ2) is 5.89. The average molecular weight is 237 g/mol. The number of hydrogen-bond acceptors (Lipinski definition) is 3. The van der Waals surface area contributed by atoms with E-state index < -0.39 is 5.97 Å². The van der Waals surface area contributed by atoms with E-state index in [9.17, 15) is 9.59 Å². The normalized spacial score (nSPS) is 9.76. The lowest BCUT2D eigenvalue weighted by molar-refractivity contribution is -0.137. The molecule has 5 nitrogen and oxygen atoms in total. The van der Waals surface area contributed by atoms with Gasteiger partial charge in [0.25, 0.3) is 5.91 Å². The van der Waals surface area contributed by atoms with Gasteiger partial charge in [0, 0.05) is 12.1 Å². The molecule has 1 aromatic rings. The first kappa shape index (κ1) is 13.0. The van der Waals surface area contributed by atoms with Gasteiger partial charge >= 0.3 is 5.97 Å². The number of amides is 1. The van der Waals surface area contributed by atoms with Crippen molar-refractivity contribution < 1.29 is 19.4 Å². The monoisotopic (exact) mass is 237 g/mol. The van der Waals surface area contributed by atoms with Gasteiger partial charge in [0.1, 0.15) is 12.3 Å². The van der Waals surface area contributed by atoms with Crippen molar-refractivity contribution in [2.75, 3.05) is 20.2 Å². The van der Waals surface area contributed by atoms with Crippen molar-refractivity contribution in [1.82, 2.24) is 4.90 Å². The largest absolute Gasteiger partial charge is 0.497 e. The number of aliphatic carboxylic acids is 1. The summed E-state index contributed by atoms with van der Waals surface area (Å²) in [5.41, 5.74) is 0.453. The van der Waals surface area contributed by atoms with Gasteiger partial charge in [-0.15, -0.1) is 0 Å². The van der Waals surface area contributed by atoms with Crippen LogP contribution in [0.5, 0.6) is 5.75 Å². The summed E-state index contributed by atoms with van der Waals surface area (Å²) in [5, 5.41) is 8.68. The fourth-order valence-corrected chi connectivity index (χ4v) is 1.41. The van der Waals surface area contributed by atoms with Gasteiger partial charge in [-0.25, -0.2) is 0 Å². The van der Waals surface area contributed by atoms with Gasteiger partial charge in [0.15, 0.2) is 0 Å². The molecule has 0 fully saturated rings. The van der Waals surface area contributed by atoms with E-state index in [1.54, 1.807) is 38.3 Å². The number of hydrogen-bond donors (Lipinski definition) is 1. The minimum absolute atomic E-state index is 0.290. The molecule has 0 aliphatic heterocycles. The number of carbonyl (C=O) groups is 2. The molecule has 17 heavy (non-hydrogen) atoms. The highest BCUT2D eigenvalue weighted by Gasteiger charge is 2.16. The molecule has 0 bridgehead atoms. The third kappa shape index (κ3) is 3.48. The van der Waals surface area contributed by atoms with Crippen LogP contribution >= 0.6 is 0 Å². The predicted molar refractivity (Wildman–Crippen MR) is 62.2 cm³/mol. The second-order valence-corrected chi connectivity index (χ2v) is 3.44. The Hall–Kier alpha value is -2.04. The zero-order valence-corrected chi connectivity index (χ0v) is 9.84. The number of carbonyl (C=O) groups excluding carboxylic acids is 1. The summed E-state index contributed by atoms with van der Waals surface area (Å²) in [6.07, 6.45) is 0. The Morgan fingerprint density at radius 1 is 1.29 bits per heavy atom. The first-order valence-corrected chi connectivity index (χ1v) is 5.23. The van der Waals surface area contributed by atoms with Crippen LogP contribution in [-0.2, 0) is 4.79 Å². The van der Waals surface area contributed by atoms with Crippen LogP contribution in [0.25, 0.3) is 0 Å². The van der Waals surface area contributed by atoms with Crippen molar-refractivity contribution in [3.63, 3.8) is 0 Å². The third-order valence-corrected chi connectivity index (χ3v) is 2.33. The van der Waals surface area contributed by atoms with Crippen molar-refractivity contribution in [1.29, 1.82) is 0 Å². The molecule has 0 heterocycles. The van der Waals surface area contributed by atoms with E-state index in [4.69, 9.17) is 9.84 Å². The van der Waals surface area contributed by atoms with Crippen LogP contribution in [0.15, 0.2) is 24.3 Å². The fourth-order valence-electron chi connectivity index (χ4n) is 1.41. The van der Waals surface area contributed by atoms with Crippen LogP contribution in [0.3, 0.4) is 0 Å². The lowest BCUT2D eigenvalue weighted by Gasteiger charge is -2.18. The lowest BCUT2D eigenvalue weighted by Crippen LogP contribution is -2.35. The maximum atomic E-state index is 11.9. The second-order valence-electron chi connectivity index (χ2n) is 3.44. The predicted octanol–water partition coefficient (Wildman–Crippen LogP) is 1.24. The molecule has 0 atom stereocenters. The SMILES string of the molecule is CCN(CC(=O)O)C(=O)c1ccc(OC)cc1. The molecule has 0 saturated carbocycles. The number of carboxylic acid groups (broad SMARTS) is 1. The van der Waals surface area contributed by atoms with Gasteiger partial charge < -0.3 is 14.7 Å². The highest BCUT2D eigenvalue weighted by molar-refractivity contribution is 5.95. The van der Waals surface area contributed by atoms with E-state index in [0.717, 1.165) is 0 Å². The first-order valence-electron chi connectivity index (χ1n) is 5.23. The Labute approximate surface area is 99.6 Å². The summed E-state index contributed by atoms with van der Waals surface area (Å²) in [6, 6.07) is 6.57. The minimum atomic E-state index is -1.02. The van der Waals surface area contributed by atoms with Crippen LogP contribution in [0.1, 0.15) is 17.3 Å². The first-order chi connectivity index (χ1) is 8.08. The number of ether oxygens (including phenoxy) is 1. The molecule has 0 unspecified atom stereocenters. The van der Waals surface area contributed by atoms with E-state index >= 15 is 0 Å². The van der Waals surface area contributed by atoms with Crippen molar-refractivity contribution in [3.8, 4) is 5.75 Å². The van der Waals surface area contributed by atoms with Gasteiger partial charge in [-0.1, -0.05) is 0 Å². The Morgan fingerprint density at radius 2 is 1.88 bits per heavy atom. The van der Waals surface area contributed by atoms with E-state index in [0.29, 0.717) is 17.9 Å². The van der Waals surface area contributed by atoms with E-state index in [2.05, 4.69) is 0 Å². The number of methoxy groups -OCH3 is 1. The number of rotatable bonds is 5. The number of likely N-dealkylation sites (N-methyl/N-ethyl adjacent to an activating group) is 1. The molecule has 5 heteroatoms. The quantitative estimate of drug-likeness (QED) is 0.836. The van der Waals surface area contributed by atoms with Crippen LogP contribution < -0.4 is 4.74 Å². The Morgan fingerprint density at radius 3 is 2.29 bits per heavy atom. The highest BCUT2D eigenvalue weighted by atomic mass is 16.5. The summed E-state index contributed by atoms with van der Waals surface area (Å²) in [4.78, 5) is 23.8. The standard InChI is InChI=1S/C12H15NO4/c1-3-13(8-11(14)15)12(16)9-4-6-10(17-2)7-5-9/h4-7H,3,8H2,1-2H3,(H,14,15). The maximum Gasteiger partial charge on any atom is 0.323 e. The average Bonchev–Trinajstić information content (AvgIpc) is 2.35. The van der Waals surface area contributed by atoms with Crippen molar-refractivity contribution >= 4 is 11.9 Å². The molecule has 0 radical (unpaired) electrons. The maximum absolute atomic E-state index is 11.9. The molecule has 1 amide bonds. The molecule has 1 N–H and O–H groups in total. The molecule has 0 saturated heterocycles. The number of carboxylic acids is 1.